The van der Waals surface area contributed by atoms with Crippen molar-refractivity contribution in [2.75, 3.05) is 6.54 Å². The molecule has 0 aliphatic rings. The number of imidazole rings is 1. The molecule has 0 saturated heterocycles. The first-order valence-electron chi connectivity index (χ1n) is 6.11. The van der Waals surface area contributed by atoms with Gasteiger partial charge < -0.3 is 10.3 Å². The SMILES string of the molecule is Cc1ncc(CNCCc2ccc(F)cc2C)[nH]1. The van der Waals surface area contributed by atoms with E-state index in [1.807, 2.05) is 26.1 Å². The van der Waals surface area contributed by atoms with E-state index in [1.165, 1.54) is 11.6 Å². The van der Waals surface area contributed by atoms with Crippen molar-refractivity contribution in [2.45, 2.75) is 26.8 Å². The molecule has 2 rings (SSSR count). The third kappa shape index (κ3) is 3.40. The topological polar surface area (TPSA) is 40.7 Å². The third-order valence-corrected chi connectivity index (χ3v) is 2.95. The highest BCUT2D eigenvalue weighted by Gasteiger charge is 2.00. The molecule has 1 aromatic carbocycles. The fourth-order valence-electron chi connectivity index (χ4n) is 1.95. The summed E-state index contributed by atoms with van der Waals surface area (Å²) >= 11 is 0. The van der Waals surface area contributed by atoms with E-state index < -0.39 is 0 Å². The highest BCUT2D eigenvalue weighted by molar-refractivity contribution is 5.26. The monoisotopic (exact) mass is 247 g/mol. The first kappa shape index (κ1) is 12.8. The standard InChI is InChI=1S/C14H18FN3/c1-10-7-13(15)4-3-12(10)5-6-16-8-14-9-17-11(2)18-14/h3-4,7,9,16H,5-6,8H2,1-2H3,(H,17,18). The summed E-state index contributed by atoms with van der Waals surface area (Å²) in [7, 11) is 0. The molecule has 4 heteroatoms. The number of nitrogens with zero attached hydrogens (tertiary/aromatic N) is 1. The number of hydrogen-bond acceptors (Lipinski definition) is 2. The van der Waals surface area contributed by atoms with Crippen LogP contribution >= 0.6 is 0 Å². The molecule has 2 aromatic rings. The lowest BCUT2D eigenvalue weighted by molar-refractivity contribution is 0.624. The van der Waals surface area contributed by atoms with Crippen LogP contribution in [0.4, 0.5) is 4.39 Å². The number of nitrogens with one attached hydrogen (secondary N) is 2. The highest BCUT2D eigenvalue weighted by atomic mass is 19.1. The number of halogens is 1. The van der Waals surface area contributed by atoms with Crippen LogP contribution in [0.15, 0.2) is 24.4 Å². The molecule has 0 saturated carbocycles. The predicted octanol–water partition coefficient (Wildman–Crippen LogP) is 2.50. The number of aromatic nitrogens is 2. The molecule has 1 aromatic heterocycles. The van der Waals surface area contributed by atoms with Crippen LogP contribution in [0.3, 0.4) is 0 Å². The van der Waals surface area contributed by atoms with Gasteiger partial charge in [0, 0.05) is 18.4 Å². The average molecular weight is 247 g/mol. The second-order valence-corrected chi connectivity index (χ2v) is 4.49. The van der Waals surface area contributed by atoms with E-state index in [2.05, 4.69) is 15.3 Å². The number of H-pyrrole nitrogens is 1. The Labute approximate surface area is 106 Å². The van der Waals surface area contributed by atoms with Gasteiger partial charge in [-0.2, -0.15) is 0 Å². The van der Waals surface area contributed by atoms with Crippen molar-refractivity contribution in [3.63, 3.8) is 0 Å². The lowest BCUT2D eigenvalue weighted by Gasteiger charge is -2.06. The number of rotatable bonds is 5. The van der Waals surface area contributed by atoms with Crippen molar-refractivity contribution in [1.82, 2.24) is 15.3 Å². The van der Waals surface area contributed by atoms with Crippen LogP contribution in [-0.2, 0) is 13.0 Å². The molecule has 3 nitrogen and oxygen atoms in total. The summed E-state index contributed by atoms with van der Waals surface area (Å²) in [5, 5.41) is 3.34. The van der Waals surface area contributed by atoms with Crippen LogP contribution in [0.25, 0.3) is 0 Å². The van der Waals surface area contributed by atoms with Crippen molar-refractivity contribution < 1.29 is 4.39 Å². The Morgan fingerprint density at radius 1 is 1.33 bits per heavy atom. The maximum atomic E-state index is 12.9. The molecule has 1 heterocycles. The minimum Gasteiger partial charge on any atom is -0.345 e. The van der Waals surface area contributed by atoms with Gasteiger partial charge in [0.2, 0.25) is 0 Å². The fraction of sp³-hybridized carbons (Fsp3) is 0.357. The number of benzene rings is 1. The lowest BCUT2D eigenvalue weighted by atomic mass is 10.1. The van der Waals surface area contributed by atoms with Crippen LogP contribution in [0, 0.1) is 19.7 Å². The quantitative estimate of drug-likeness (QED) is 0.797. The second-order valence-electron chi connectivity index (χ2n) is 4.49. The molecule has 0 spiro atoms. The zero-order chi connectivity index (χ0) is 13.0. The fourth-order valence-corrected chi connectivity index (χ4v) is 1.95. The molecule has 96 valence electrons. The molecule has 0 unspecified atom stereocenters. The van der Waals surface area contributed by atoms with Crippen LogP contribution < -0.4 is 5.32 Å². The first-order chi connectivity index (χ1) is 8.65. The molecule has 0 atom stereocenters. The summed E-state index contributed by atoms with van der Waals surface area (Å²) in [5.74, 6) is 0.762. The lowest BCUT2D eigenvalue weighted by Crippen LogP contribution is -2.17. The van der Waals surface area contributed by atoms with Crippen LogP contribution in [0.1, 0.15) is 22.6 Å². The molecular weight excluding hydrogens is 229 g/mol. The second kappa shape index (κ2) is 5.78. The Balaban J connectivity index is 1.78. The Kier molecular flexibility index (Phi) is 4.10. The largest absolute Gasteiger partial charge is 0.345 e. The van der Waals surface area contributed by atoms with E-state index in [-0.39, 0.29) is 5.82 Å². The van der Waals surface area contributed by atoms with E-state index >= 15 is 0 Å². The van der Waals surface area contributed by atoms with Gasteiger partial charge in [0.1, 0.15) is 11.6 Å². The molecule has 0 radical (unpaired) electrons. The number of aromatic amines is 1. The van der Waals surface area contributed by atoms with Crippen molar-refractivity contribution in [3.8, 4) is 0 Å². The van der Waals surface area contributed by atoms with Gasteiger partial charge in [0.25, 0.3) is 0 Å². The van der Waals surface area contributed by atoms with Gasteiger partial charge in [-0.05, 0) is 50.1 Å². The number of aryl methyl sites for hydroxylation is 2. The van der Waals surface area contributed by atoms with E-state index in [0.29, 0.717) is 0 Å². The smallest absolute Gasteiger partial charge is 0.123 e. The van der Waals surface area contributed by atoms with E-state index in [0.717, 1.165) is 36.6 Å². The zero-order valence-corrected chi connectivity index (χ0v) is 10.8. The maximum absolute atomic E-state index is 12.9. The summed E-state index contributed by atoms with van der Waals surface area (Å²) in [5.41, 5.74) is 3.28. The first-order valence-corrected chi connectivity index (χ1v) is 6.11. The van der Waals surface area contributed by atoms with Crippen molar-refractivity contribution in [3.05, 3.63) is 52.9 Å². The predicted molar refractivity (Wildman–Crippen MR) is 69.9 cm³/mol. The van der Waals surface area contributed by atoms with Crippen molar-refractivity contribution in [2.24, 2.45) is 0 Å². The van der Waals surface area contributed by atoms with Crippen LogP contribution in [-0.4, -0.2) is 16.5 Å². The van der Waals surface area contributed by atoms with Gasteiger partial charge >= 0.3 is 0 Å². The molecule has 18 heavy (non-hydrogen) atoms. The summed E-state index contributed by atoms with van der Waals surface area (Å²) in [6, 6.07) is 4.95. The van der Waals surface area contributed by atoms with Gasteiger partial charge in [-0.15, -0.1) is 0 Å². The molecule has 0 fully saturated rings. The summed E-state index contributed by atoms with van der Waals surface area (Å²) < 4.78 is 12.9. The Morgan fingerprint density at radius 2 is 2.17 bits per heavy atom. The van der Waals surface area contributed by atoms with Gasteiger partial charge in [-0.1, -0.05) is 6.07 Å². The Bertz CT molecular complexity index is 520. The Hall–Kier alpha value is -1.68. The Morgan fingerprint density at radius 3 is 2.83 bits per heavy atom. The molecule has 0 aliphatic heterocycles. The summed E-state index contributed by atoms with van der Waals surface area (Å²) in [4.78, 5) is 7.31. The van der Waals surface area contributed by atoms with Gasteiger partial charge in [-0.25, -0.2) is 9.37 Å². The van der Waals surface area contributed by atoms with Crippen LogP contribution in [0.5, 0.6) is 0 Å². The van der Waals surface area contributed by atoms with Gasteiger partial charge in [0.05, 0.1) is 0 Å². The minimum atomic E-state index is -0.169. The molecule has 2 N–H and O–H groups in total. The summed E-state index contributed by atoms with van der Waals surface area (Å²) in [6.45, 7) is 5.52. The maximum Gasteiger partial charge on any atom is 0.123 e. The van der Waals surface area contributed by atoms with E-state index in [4.69, 9.17) is 0 Å². The third-order valence-electron chi connectivity index (χ3n) is 2.95. The minimum absolute atomic E-state index is 0.169. The van der Waals surface area contributed by atoms with E-state index in [9.17, 15) is 4.39 Å². The zero-order valence-electron chi connectivity index (χ0n) is 10.8. The molecule has 0 amide bonds. The average Bonchev–Trinajstić information content (AvgIpc) is 2.73. The van der Waals surface area contributed by atoms with Gasteiger partial charge in [-0.3, -0.25) is 0 Å². The van der Waals surface area contributed by atoms with Crippen LogP contribution in [0.2, 0.25) is 0 Å². The molecule has 0 bridgehead atoms. The van der Waals surface area contributed by atoms with Gasteiger partial charge in [0.15, 0.2) is 0 Å². The van der Waals surface area contributed by atoms with Crippen molar-refractivity contribution >= 4 is 0 Å². The highest BCUT2D eigenvalue weighted by Crippen LogP contribution is 2.10. The summed E-state index contributed by atoms with van der Waals surface area (Å²) in [6.07, 6.45) is 2.74. The molecule has 0 aliphatic carbocycles. The molecular formula is C14H18FN3. The normalized spacial score (nSPS) is 10.8. The van der Waals surface area contributed by atoms with Crippen molar-refractivity contribution in [1.29, 1.82) is 0 Å². The van der Waals surface area contributed by atoms with E-state index in [1.54, 1.807) is 6.07 Å². The number of hydrogen-bond donors (Lipinski definition) is 2.